The number of rotatable bonds is 9. The van der Waals surface area contributed by atoms with E-state index in [0.717, 1.165) is 67.0 Å². The SMILES string of the molecule is COCCN1CCC(Oc2ccc(-c3n[nH]c4ccc(C(=O)NC(C)c5ccccc5F)cc34)cc2)CC1. The number of nitrogens with zero attached hydrogens (tertiary/aromatic N) is 2. The largest absolute Gasteiger partial charge is 0.490 e. The van der Waals surface area contributed by atoms with Crippen molar-refractivity contribution < 1.29 is 18.7 Å². The van der Waals surface area contributed by atoms with Gasteiger partial charge < -0.3 is 19.7 Å². The summed E-state index contributed by atoms with van der Waals surface area (Å²) >= 11 is 0. The first-order chi connectivity index (χ1) is 18.5. The molecule has 7 nitrogen and oxygen atoms in total. The van der Waals surface area contributed by atoms with Crippen molar-refractivity contribution in [1.82, 2.24) is 20.4 Å². The summed E-state index contributed by atoms with van der Waals surface area (Å²) in [4.78, 5) is 15.4. The molecule has 4 aromatic rings. The van der Waals surface area contributed by atoms with E-state index in [9.17, 15) is 9.18 Å². The lowest BCUT2D eigenvalue weighted by atomic mass is 10.0. The van der Waals surface area contributed by atoms with Crippen molar-refractivity contribution in [2.45, 2.75) is 31.9 Å². The maximum absolute atomic E-state index is 14.1. The van der Waals surface area contributed by atoms with Gasteiger partial charge in [0.05, 0.1) is 23.9 Å². The Labute approximate surface area is 221 Å². The number of H-pyrrole nitrogens is 1. The van der Waals surface area contributed by atoms with Gasteiger partial charge in [0.2, 0.25) is 0 Å². The fourth-order valence-electron chi connectivity index (χ4n) is 4.91. The van der Waals surface area contributed by atoms with Crippen LogP contribution in [-0.4, -0.2) is 60.5 Å². The van der Waals surface area contributed by atoms with Crippen LogP contribution in [0.1, 0.15) is 41.7 Å². The molecular weight excluding hydrogens is 483 g/mol. The number of hydrogen-bond acceptors (Lipinski definition) is 5. The normalized spacial score (nSPS) is 15.4. The van der Waals surface area contributed by atoms with Crippen molar-refractivity contribution >= 4 is 16.8 Å². The predicted molar refractivity (Wildman–Crippen MR) is 146 cm³/mol. The Kier molecular flexibility index (Phi) is 8.00. The van der Waals surface area contributed by atoms with E-state index in [1.54, 1.807) is 38.3 Å². The number of nitrogens with one attached hydrogen (secondary N) is 2. The third-order valence-corrected chi connectivity index (χ3v) is 7.12. The van der Waals surface area contributed by atoms with Gasteiger partial charge in [0.1, 0.15) is 17.7 Å². The van der Waals surface area contributed by atoms with E-state index in [2.05, 4.69) is 20.4 Å². The van der Waals surface area contributed by atoms with Crippen LogP contribution in [0.15, 0.2) is 66.7 Å². The fraction of sp³-hybridized carbons (Fsp3) is 0.333. The average Bonchev–Trinajstić information content (AvgIpc) is 3.36. The highest BCUT2D eigenvalue weighted by molar-refractivity contribution is 6.01. The number of ether oxygens (including phenoxy) is 2. The van der Waals surface area contributed by atoms with Crippen LogP contribution in [0.2, 0.25) is 0 Å². The molecule has 1 unspecified atom stereocenters. The molecule has 0 spiro atoms. The fourth-order valence-corrected chi connectivity index (χ4v) is 4.91. The zero-order valence-electron chi connectivity index (χ0n) is 21.7. The highest BCUT2D eigenvalue weighted by Crippen LogP contribution is 2.29. The number of amides is 1. The van der Waals surface area contributed by atoms with Gasteiger partial charge in [-0.05, 0) is 68.3 Å². The Bertz CT molecular complexity index is 1380. The monoisotopic (exact) mass is 516 g/mol. The smallest absolute Gasteiger partial charge is 0.251 e. The minimum atomic E-state index is -0.464. The molecule has 38 heavy (non-hydrogen) atoms. The van der Waals surface area contributed by atoms with E-state index in [1.165, 1.54) is 6.07 Å². The van der Waals surface area contributed by atoms with E-state index in [0.29, 0.717) is 11.1 Å². The van der Waals surface area contributed by atoms with Gasteiger partial charge in [0.15, 0.2) is 0 Å². The van der Waals surface area contributed by atoms with Crippen LogP contribution in [0.5, 0.6) is 5.75 Å². The van der Waals surface area contributed by atoms with E-state index < -0.39 is 6.04 Å². The lowest BCUT2D eigenvalue weighted by Crippen LogP contribution is -2.39. The van der Waals surface area contributed by atoms with Crippen LogP contribution in [0.3, 0.4) is 0 Å². The van der Waals surface area contributed by atoms with E-state index in [-0.39, 0.29) is 17.8 Å². The predicted octanol–water partition coefficient (Wildman–Crippen LogP) is 5.35. The summed E-state index contributed by atoms with van der Waals surface area (Å²) < 4.78 is 25.5. The first-order valence-electron chi connectivity index (χ1n) is 13.0. The maximum Gasteiger partial charge on any atom is 0.251 e. The summed E-state index contributed by atoms with van der Waals surface area (Å²) in [5, 5.41) is 11.3. The molecule has 198 valence electrons. The highest BCUT2D eigenvalue weighted by atomic mass is 19.1. The van der Waals surface area contributed by atoms with Gasteiger partial charge in [0.25, 0.3) is 5.91 Å². The molecular formula is C30H33FN4O3. The van der Waals surface area contributed by atoms with Gasteiger partial charge in [-0.25, -0.2) is 4.39 Å². The number of aromatic nitrogens is 2. The van der Waals surface area contributed by atoms with Crippen molar-refractivity contribution in [3.05, 3.63) is 83.7 Å². The zero-order chi connectivity index (χ0) is 26.5. The van der Waals surface area contributed by atoms with Crippen molar-refractivity contribution in [2.24, 2.45) is 0 Å². The summed E-state index contributed by atoms with van der Waals surface area (Å²) in [6.45, 7) is 5.52. The summed E-state index contributed by atoms with van der Waals surface area (Å²) in [7, 11) is 1.73. The van der Waals surface area contributed by atoms with Gasteiger partial charge >= 0.3 is 0 Å². The van der Waals surface area contributed by atoms with Crippen molar-refractivity contribution in [3.63, 3.8) is 0 Å². The second-order valence-electron chi connectivity index (χ2n) is 9.73. The number of carbonyl (C=O) groups is 1. The van der Waals surface area contributed by atoms with E-state index in [1.807, 2.05) is 36.4 Å². The van der Waals surface area contributed by atoms with Gasteiger partial charge in [-0.2, -0.15) is 5.10 Å². The second kappa shape index (κ2) is 11.8. The first-order valence-corrected chi connectivity index (χ1v) is 13.0. The number of halogens is 1. The molecule has 1 atom stereocenters. The number of methoxy groups -OCH3 is 1. The lowest BCUT2D eigenvalue weighted by Gasteiger charge is -2.31. The number of benzene rings is 3. The standard InChI is InChI=1S/C30H33FN4O3/c1-20(25-5-3-4-6-27(25)31)32-30(36)22-9-12-28-26(19-22)29(34-33-28)21-7-10-23(11-8-21)38-24-13-15-35(16-14-24)17-18-37-2/h3-12,19-20,24H,13-18H2,1-2H3,(H,32,36)(H,33,34). The summed E-state index contributed by atoms with van der Waals surface area (Å²) in [6, 6.07) is 19.3. The number of hydrogen-bond donors (Lipinski definition) is 2. The van der Waals surface area contributed by atoms with Crippen LogP contribution >= 0.6 is 0 Å². The average molecular weight is 517 g/mol. The molecule has 1 fully saturated rings. The molecule has 0 saturated carbocycles. The van der Waals surface area contributed by atoms with Crippen LogP contribution in [0.4, 0.5) is 4.39 Å². The summed E-state index contributed by atoms with van der Waals surface area (Å²) in [6.07, 6.45) is 2.20. The second-order valence-corrected chi connectivity index (χ2v) is 9.73. The van der Waals surface area contributed by atoms with Gasteiger partial charge in [-0.15, -0.1) is 0 Å². The molecule has 8 heteroatoms. The minimum absolute atomic E-state index is 0.207. The number of fused-ring (bicyclic) bond motifs is 1. The zero-order valence-corrected chi connectivity index (χ0v) is 21.7. The van der Waals surface area contributed by atoms with Crippen molar-refractivity contribution in [1.29, 1.82) is 0 Å². The Morgan fingerprint density at radius 2 is 1.89 bits per heavy atom. The van der Waals surface area contributed by atoms with Crippen LogP contribution in [0, 0.1) is 5.82 Å². The molecule has 0 bridgehead atoms. The molecule has 2 N–H and O–H groups in total. The number of piperidine rings is 1. The third-order valence-electron chi connectivity index (χ3n) is 7.12. The quantitative estimate of drug-likeness (QED) is 0.314. The summed E-state index contributed by atoms with van der Waals surface area (Å²) in [5.41, 5.74) is 3.45. The van der Waals surface area contributed by atoms with Crippen LogP contribution in [0.25, 0.3) is 22.2 Å². The molecule has 1 aliphatic rings. The van der Waals surface area contributed by atoms with Gasteiger partial charge in [0, 0.05) is 48.8 Å². The molecule has 3 aromatic carbocycles. The number of carbonyl (C=O) groups excluding carboxylic acids is 1. The molecule has 0 aliphatic carbocycles. The molecule has 1 amide bonds. The number of aromatic amines is 1. The molecule has 2 heterocycles. The Balaban J connectivity index is 1.26. The molecule has 1 aromatic heterocycles. The van der Waals surface area contributed by atoms with Crippen LogP contribution in [-0.2, 0) is 4.74 Å². The lowest BCUT2D eigenvalue weighted by molar-refractivity contribution is 0.0797. The highest BCUT2D eigenvalue weighted by Gasteiger charge is 2.21. The molecule has 0 radical (unpaired) electrons. The topological polar surface area (TPSA) is 79.5 Å². The Hall–Kier alpha value is -3.75. The van der Waals surface area contributed by atoms with E-state index in [4.69, 9.17) is 9.47 Å². The van der Waals surface area contributed by atoms with E-state index >= 15 is 0 Å². The van der Waals surface area contributed by atoms with Crippen molar-refractivity contribution in [2.75, 3.05) is 33.4 Å². The summed E-state index contributed by atoms with van der Waals surface area (Å²) in [5.74, 6) is 0.228. The van der Waals surface area contributed by atoms with Gasteiger partial charge in [-0.1, -0.05) is 18.2 Å². The third kappa shape index (κ3) is 5.87. The molecule has 1 saturated heterocycles. The van der Waals surface area contributed by atoms with Crippen LogP contribution < -0.4 is 10.1 Å². The number of likely N-dealkylation sites (tertiary alicyclic amines) is 1. The Morgan fingerprint density at radius 1 is 1.13 bits per heavy atom. The van der Waals surface area contributed by atoms with Gasteiger partial charge in [-0.3, -0.25) is 9.89 Å². The minimum Gasteiger partial charge on any atom is -0.490 e. The Morgan fingerprint density at radius 3 is 2.63 bits per heavy atom. The first kappa shape index (κ1) is 25.9. The molecule has 1 aliphatic heterocycles. The van der Waals surface area contributed by atoms with Crippen molar-refractivity contribution in [3.8, 4) is 17.0 Å². The maximum atomic E-state index is 14.1. The molecule has 5 rings (SSSR count).